The largest absolute Gasteiger partial charge is 0.444 e. The van der Waals surface area contributed by atoms with Gasteiger partial charge in [0.1, 0.15) is 10.6 Å². The Kier molecular flexibility index (Phi) is 4.51. The number of amides is 1. The highest BCUT2D eigenvalue weighted by Gasteiger charge is 2.19. The van der Waals surface area contributed by atoms with Gasteiger partial charge in [0, 0.05) is 11.1 Å². The number of carbonyl (C=O) groups excluding carboxylic acids is 1. The molecule has 0 aliphatic heterocycles. The molecular weight excluding hydrogens is 236 g/mol. The van der Waals surface area contributed by atoms with Crippen molar-refractivity contribution in [3.05, 3.63) is 16.1 Å². The van der Waals surface area contributed by atoms with Crippen LogP contribution in [0.1, 0.15) is 50.5 Å². The summed E-state index contributed by atoms with van der Waals surface area (Å²) in [6.07, 6.45) is 2.42. The molecule has 0 fully saturated rings. The van der Waals surface area contributed by atoms with E-state index in [0.29, 0.717) is 0 Å². The molecule has 0 aliphatic rings. The fraction of sp³-hybridized carbons (Fsp3) is 0.667. The lowest BCUT2D eigenvalue weighted by Crippen LogP contribution is -2.33. The molecule has 0 aromatic carbocycles. The van der Waals surface area contributed by atoms with Crippen LogP contribution >= 0.6 is 11.3 Å². The molecule has 1 rings (SSSR count). The molecule has 0 spiro atoms. The fourth-order valence-corrected chi connectivity index (χ4v) is 2.09. The van der Waals surface area contributed by atoms with Crippen LogP contribution in [0.5, 0.6) is 0 Å². The monoisotopic (exact) mass is 256 g/mol. The smallest absolute Gasteiger partial charge is 0.408 e. The summed E-state index contributed by atoms with van der Waals surface area (Å²) in [6, 6.07) is -0.116. The van der Waals surface area contributed by atoms with Gasteiger partial charge in [0.05, 0.1) is 6.04 Å². The molecule has 1 amide bonds. The SMILES string of the molecule is CCc1cnc(C(C)NC(=O)OC(C)(C)C)s1. The van der Waals surface area contributed by atoms with E-state index in [0.717, 1.165) is 11.4 Å². The first kappa shape index (κ1) is 14.0. The molecule has 0 bridgehead atoms. The highest BCUT2D eigenvalue weighted by atomic mass is 32.1. The topological polar surface area (TPSA) is 51.2 Å². The second kappa shape index (κ2) is 5.49. The fourth-order valence-electron chi connectivity index (χ4n) is 1.23. The third-order valence-corrected chi connectivity index (χ3v) is 3.35. The average molecular weight is 256 g/mol. The number of hydrogen-bond donors (Lipinski definition) is 1. The lowest BCUT2D eigenvalue weighted by molar-refractivity contribution is 0.0508. The van der Waals surface area contributed by atoms with Crippen LogP contribution in [0, 0.1) is 0 Å². The molecule has 1 heterocycles. The van der Waals surface area contributed by atoms with Crippen molar-refractivity contribution in [3.8, 4) is 0 Å². The molecule has 0 saturated carbocycles. The second-order valence-corrected chi connectivity index (χ2v) is 6.03. The first-order valence-electron chi connectivity index (χ1n) is 5.76. The molecule has 5 heteroatoms. The van der Waals surface area contributed by atoms with Gasteiger partial charge >= 0.3 is 6.09 Å². The van der Waals surface area contributed by atoms with Crippen molar-refractivity contribution in [2.45, 2.75) is 52.7 Å². The summed E-state index contributed by atoms with van der Waals surface area (Å²) in [4.78, 5) is 17.1. The quantitative estimate of drug-likeness (QED) is 0.902. The molecule has 0 radical (unpaired) electrons. The van der Waals surface area contributed by atoms with Crippen molar-refractivity contribution in [1.82, 2.24) is 10.3 Å². The number of nitrogens with zero attached hydrogens (tertiary/aromatic N) is 1. The highest BCUT2D eigenvalue weighted by molar-refractivity contribution is 7.11. The van der Waals surface area contributed by atoms with E-state index in [4.69, 9.17) is 4.74 Å². The zero-order chi connectivity index (χ0) is 13.1. The van der Waals surface area contributed by atoms with Crippen LogP contribution in [-0.4, -0.2) is 16.7 Å². The zero-order valence-corrected chi connectivity index (χ0v) is 11.9. The van der Waals surface area contributed by atoms with Crippen LogP contribution in [0.4, 0.5) is 4.79 Å². The van der Waals surface area contributed by atoms with E-state index >= 15 is 0 Å². The number of ether oxygens (including phenoxy) is 1. The normalized spacial score (nSPS) is 13.2. The number of carbonyl (C=O) groups is 1. The van der Waals surface area contributed by atoms with E-state index in [1.165, 1.54) is 4.88 Å². The minimum absolute atomic E-state index is 0.116. The van der Waals surface area contributed by atoms with Crippen LogP contribution in [0.3, 0.4) is 0 Å². The molecule has 1 atom stereocenters. The Morgan fingerprint density at radius 3 is 2.71 bits per heavy atom. The van der Waals surface area contributed by atoms with Gasteiger partial charge in [0.25, 0.3) is 0 Å². The number of aryl methyl sites for hydroxylation is 1. The van der Waals surface area contributed by atoms with Gasteiger partial charge in [-0.15, -0.1) is 11.3 Å². The van der Waals surface area contributed by atoms with E-state index < -0.39 is 11.7 Å². The third-order valence-electron chi connectivity index (χ3n) is 2.02. The summed E-state index contributed by atoms with van der Waals surface area (Å²) in [5.41, 5.74) is -0.471. The van der Waals surface area contributed by atoms with Gasteiger partial charge in [-0.25, -0.2) is 9.78 Å². The Balaban J connectivity index is 2.54. The molecular formula is C12H20N2O2S. The van der Waals surface area contributed by atoms with Gasteiger partial charge in [0.15, 0.2) is 0 Å². The van der Waals surface area contributed by atoms with E-state index in [9.17, 15) is 4.79 Å². The minimum atomic E-state index is -0.471. The van der Waals surface area contributed by atoms with Crippen LogP contribution < -0.4 is 5.32 Å². The minimum Gasteiger partial charge on any atom is -0.444 e. The van der Waals surface area contributed by atoms with Gasteiger partial charge in [-0.05, 0) is 34.1 Å². The van der Waals surface area contributed by atoms with Gasteiger partial charge in [-0.2, -0.15) is 0 Å². The third kappa shape index (κ3) is 4.73. The maximum Gasteiger partial charge on any atom is 0.408 e. The van der Waals surface area contributed by atoms with E-state index in [2.05, 4.69) is 17.2 Å². The molecule has 1 unspecified atom stereocenters. The Morgan fingerprint density at radius 2 is 2.24 bits per heavy atom. The summed E-state index contributed by atoms with van der Waals surface area (Å²) in [6.45, 7) is 9.52. The van der Waals surface area contributed by atoms with Crippen LogP contribution in [0.15, 0.2) is 6.20 Å². The van der Waals surface area contributed by atoms with Crippen molar-refractivity contribution in [2.24, 2.45) is 0 Å². The lowest BCUT2D eigenvalue weighted by atomic mass is 10.2. The Bertz CT molecular complexity index is 382. The van der Waals surface area contributed by atoms with Crippen molar-refractivity contribution in [2.75, 3.05) is 0 Å². The number of hydrogen-bond acceptors (Lipinski definition) is 4. The van der Waals surface area contributed by atoms with E-state index in [1.54, 1.807) is 11.3 Å². The van der Waals surface area contributed by atoms with Crippen molar-refractivity contribution in [3.63, 3.8) is 0 Å². The van der Waals surface area contributed by atoms with Crippen molar-refractivity contribution >= 4 is 17.4 Å². The average Bonchev–Trinajstić information content (AvgIpc) is 2.62. The maximum atomic E-state index is 11.6. The number of nitrogens with one attached hydrogen (secondary N) is 1. The Labute approximate surface area is 106 Å². The summed E-state index contributed by atoms with van der Waals surface area (Å²) in [7, 11) is 0. The summed E-state index contributed by atoms with van der Waals surface area (Å²) >= 11 is 1.62. The number of thiazole rings is 1. The van der Waals surface area contributed by atoms with Crippen molar-refractivity contribution in [1.29, 1.82) is 0 Å². The van der Waals surface area contributed by atoms with Crippen molar-refractivity contribution < 1.29 is 9.53 Å². The van der Waals surface area contributed by atoms with Crippen LogP contribution in [0.25, 0.3) is 0 Å². The molecule has 0 saturated heterocycles. The zero-order valence-electron chi connectivity index (χ0n) is 11.0. The predicted molar refractivity (Wildman–Crippen MR) is 69.3 cm³/mol. The molecule has 4 nitrogen and oxygen atoms in total. The molecule has 0 aliphatic carbocycles. The first-order chi connectivity index (χ1) is 7.81. The van der Waals surface area contributed by atoms with Gasteiger partial charge in [-0.1, -0.05) is 6.92 Å². The highest BCUT2D eigenvalue weighted by Crippen LogP contribution is 2.20. The number of alkyl carbamates (subject to hydrolysis) is 1. The standard InChI is InChI=1S/C12H20N2O2S/c1-6-9-7-13-10(17-9)8(2)14-11(15)16-12(3,4)5/h7-8H,6H2,1-5H3,(H,14,15). The molecule has 1 N–H and O–H groups in total. The summed E-state index contributed by atoms with van der Waals surface area (Å²) < 4.78 is 5.19. The van der Waals surface area contributed by atoms with Gasteiger partial charge < -0.3 is 10.1 Å². The Hall–Kier alpha value is -1.10. The van der Waals surface area contributed by atoms with Crippen LogP contribution in [0.2, 0.25) is 0 Å². The van der Waals surface area contributed by atoms with Gasteiger partial charge in [-0.3, -0.25) is 0 Å². The molecule has 1 aromatic rings. The van der Waals surface area contributed by atoms with E-state index in [-0.39, 0.29) is 6.04 Å². The summed E-state index contributed by atoms with van der Waals surface area (Å²) in [5.74, 6) is 0. The number of aromatic nitrogens is 1. The lowest BCUT2D eigenvalue weighted by Gasteiger charge is -2.21. The van der Waals surface area contributed by atoms with E-state index in [1.807, 2.05) is 33.9 Å². The second-order valence-electron chi connectivity index (χ2n) is 4.89. The van der Waals surface area contributed by atoms with Gasteiger partial charge in [0.2, 0.25) is 0 Å². The maximum absolute atomic E-state index is 11.6. The molecule has 17 heavy (non-hydrogen) atoms. The summed E-state index contributed by atoms with van der Waals surface area (Å²) in [5, 5.41) is 3.69. The Morgan fingerprint density at radius 1 is 1.59 bits per heavy atom. The molecule has 96 valence electrons. The number of rotatable bonds is 3. The predicted octanol–water partition coefficient (Wildman–Crippen LogP) is 3.29. The van der Waals surface area contributed by atoms with Crippen LogP contribution in [-0.2, 0) is 11.2 Å². The molecule has 1 aromatic heterocycles. The first-order valence-corrected chi connectivity index (χ1v) is 6.57.